The van der Waals surface area contributed by atoms with E-state index in [2.05, 4.69) is 20.3 Å². The van der Waals surface area contributed by atoms with Crippen LogP contribution in [-0.2, 0) is 0 Å². The lowest BCUT2D eigenvalue weighted by atomic mass is 10.1. The standard InChI is InChI=1S/C21H18N6O4/c1-3-31-17-8-7-14(12-16(17)27(29)30)20(28)25-21-22-10-9-15(24-21)19-13(2)23-18-6-4-5-11-26(18)19/h4-12H,3H2,1-2H3,(H,22,24,25,28). The van der Waals surface area contributed by atoms with Gasteiger partial charge in [-0.3, -0.25) is 24.6 Å². The molecule has 1 amide bonds. The number of aromatic nitrogens is 4. The highest BCUT2D eigenvalue weighted by Crippen LogP contribution is 2.28. The lowest BCUT2D eigenvalue weighted by Gasteiger charge is -2.08. The topological polar surface area (TPSA) is 125 Å². The second-order valence-corrected chi connectivity index (χ2v) is 6.57. The van der Waals surface area contributed by atoms with E-state index < -0.39 is 10.8 Å². The molecule has 4 aromatic rings. The summed E-state index contributed by atoms with van der Waals surface area (Å²) in [4.78, 5) is 36.4. The zero-order valence-corrected chi connectivity index (χ0v) is 16.8. The van der Waals surface area contributed by atoms with Gasteiger partial charge in [-0.05, 0) is 44.2 Å². The SMILES string of the molecule is CCOc1ccc(C(=O)Nc2nccc(-c3c(C)nc4ccccn34)n2)cc1[N+](=O)[O-]. The van der Waals surface area contributed by atoms with E-state index in [9.17, 15) is 14.9 Å². The molecule has 31 heavy (non-hydrogen) atoms. The summed E-state index contributed by atoms with van der Waals surface area (Å²) in [5.41, 5.74) is 2.73. The molecule has 3 heterocycles. The fourth-order valence-corrected chi connectivity index (χ4v) is 3.23. The zero-order valence-electron chi connectivity index (χ0n) is 16.8. The van der Waals surface area contributed by atoms with Crippen molar-refractivity contribution in [3.63, 3.8) is 0 Å². The molecule has 0 spiro atoms. The van der Waals surface area contributed by atoms with E-state index in [1.165, 1.54) is 24.4 Å². The van der Waals surface area contributed by atoms with Crippen LogP contribution in [0, 0.1) is 17.0 Å². The molecule has 0 aliphatic carbocycles. The number of benzene rings is 1. The van der Waals surface area contributed by atoms with Crippen LogP contribution in [0.15, 0.2) is 54.9 Å². The third-order valence-electron chi connectivity index (χ3n) is 4.55. The van der Waals surface area contributed by atoms with E-state index in [4.69, 9.17) is 4.74 Å². The maximum absolute atomic E-state index is 12.7. The second kappa shape index (κ2) is 8.19. The molecule has 1 aromatic carbocycles. The molecule has 0 unspecified atom stereocenters. The third kappa shape index (κ3) is 3.90. The summed E-state index contributed by atoms with van der Waals surface area (Å²) in [5, 5.41) is 13.9. The Morgan fingerprint density at radius 3 is 2.84 bits per heavy atom. The van der Waals surface area contributed by atoms with Gasteiger partial charge >= 0.3 is 5.69 Å². The van der Waals surface area contributed by atoms with Gasteiger partial charge in [-0.2, -0.15) is 0 Å². The molecule has 10 heteroatoms. The number of anilines is 1. The van der Waals surface area contributed by atoms with Crippen molar-refractivity contribution < 1.29 is 14.5 Å². The minimum atomic E-state index is -0.591. The van der Waals surface area contributed by atoms with Gasteiger partial charge in [0.15, 0.2) is 5.75 Å². The zero-order chi connectivity index (χ0) is 22.0. The number of hydrogen-bond acceptors (Lipinski definition) is 7. The van der Waals surface area contributed by atoms with Crippen LogP contribution < -0.4 is 10.1 Å². The number of aryl methyl sites for hydroxylation is 1. The number of hydrogen-bond donors (Lipinski definition) is 1. The largest absolute Gasteiger partial charge is 0.487 e. The number of carbonyl (C=O) groups excluding carboxylic acids is 1. The summed E-state index contributed by atoms with van der Waals surface area (Å²) in [7, 11) is 0. The summed E-state index contributed by atoms with van der Waals surface area (Å²) in [6.07, 6.45) is 3.41. The molecule has 0 bridgehead atoms. The second-order valence-electron chi connectivity index (χ2n) is 6.57. The molecule has 1 N–H and O–H groups in total. The molecule has 0 aliphatic heterocycles. The van der Waals surface area contributed by atoms with Crippen molar-refractivity contribution in [2.45, 2.75) is 13.8 Å². The van der Waals surface area contributed by atoms with Crippen molar-refractivity contribution in [2.24, 2.45) is 0 Å². The summed E-state index contributed by atoms with van der Waals surface area (Å²) >= 11 is 0. The summed E-state index contributed by atoms with van der Waals surface area (Å²) in [5.74, 6) is -0.395. The lowest BCUT2D eigenvalue weighted by molar-refractivity contribution is -0.385. The number of nitro benzene ring substituents is 1. The highest BCUT2D eigenvalue weighted by Gasteiger charge is 2.20. The van der Waals surface area contributed by atoms with Gasteiger partial charge in [0.05, 0.1) is 28.6 Å². The third-order valence-corrected chi connectivity index (χ3v) is 4.55. The molecule has 156 valence electrons. The first-order valence-corrected chi connectivity index (χ1v) is 9.47. The number of carbonyl (C=O) groups is 1. The molecule has 0 saturated carbocycles. The molecule has 10 nitrogen and oxygen atoms in total. The van der Waals surface area contributed by atoms with Gasteiger partial charge in [-0.25, -0.2) is 15.0 Å². The van der Waals surface area contributed by atoms with Gasteiger partial charge in [0.2, 0.25) is 5.95 Å². The van der Waals surface area contributed by atoms with Crippen LogP contribution in [0.4, 0.5) is 11.6 Å². The van der Waals surface area contributed by atoms with Crippen LogP contribution in [-0.4, -0.2) is 36.8 Å². The maximum Gasteiger partial charge on any atom is 0.311 e. The van der Waals surface area contributed by atoms with Crippen LogP contribution in [0.5, 0.6) is 5.75 Å². The number of pyridine rings is 1. The predicted molar refractivity (Wildman–Crippen MR) is 113 cm³/mol. The number of imidazole rings is 1. The number of fused-ring (bicyclic) bond motifs is 1. The maximum atomic E-state index is 12.7. The minimum absolute atomic E-state index is 0.0734. The number of nitro groups is 1. The van der Waals surface area contributed by atoms with Gasteiger partial charge in [-0.15, -0.1) is 0 Å². The highest BCUT2D eigenvalue weighted by atomic mass is 16.6. The van der Waals surface area contributed by atoms with Crippen LogP contribution in [0.3, 0.4) is 0 Å². The summed E-state index contributed by atoms with van der Waals surface area (Å²) in [6.45, 7) is 3.87. The van der Waals surface area contributed by atoms with E-state index in [0.717, 1.165) is 17.0 Å². The Labute approximate surface area is 176 Å². The average Bonchev–Trinajstić information content (AvgIpc) is 3.10. The van der Waals surface area contributed by atoms with Crippen LogP contribution >= 0.6 is 0 Å². The van der Waals surface area contributed by atoms with E-state index in [1.54, 1.807) is 13.0 Å². The number of nitrogens with zero attached hydrogens (tertiary/aromatic N) is 5. The molecule has 0 saturated heterocycles. The number of nitrogens with one attached hydrogen (secondary N) is 1. The van der Waals surface area contributed by atoms with Crippen molar-refractivity contribution in [2.75, 3.05) is 11.9 Å². The van der Waals surface area contributed by atoms with Gasteiger partial charge in [-0.1, -0.05) is 6.07 Å². The van der Waals surface area contributed by atoms with E-state index in [1.807, 2.05) is 35.7 Å². The predicted octanol–water partition coefficient (Wildman–Crippen LogP) is 3.66. The Hall–Kier alpha value is -4.34. The average molecular weight is 418 g/mol. The van der Waals surface area contributed by atoms with E-state index in [0.29, 0.717) is 5.69 Å². The van der Waals surface area contributed by atoms with Crippen molar-refractivity contribution >= 4 is 23.2 Å². The van der Waals surface area contributed by atoms with Gasteiger partial charge in [0, 0.05) is 24.0 Å². The Morgan fingerprint density at radius 1 is 1.23 bits per heavy atom. The minimum Gasteiger partial charge on any atom is -0.487 e. The molecule has 0 aliphatic rings. The summed E-state index contributed by atoms with van der Waals surface area (Å²) in [6, 6.07) is 11.4. The van der Waals surface area contributed by atoms with Crippen molar-refractivity contribution in [3.05, 3.63) is 76.2 Å². The molecule has 3 aromatic heterocycles. The first-order valence-electron chi connectivity index (χ1n) is 9.47. The van der Waals surface area contributed by atoms with Gasteiger partial charge < -0.3 is 4.74 Å². The Kier molecular flexibility index (Phi) is 5.27. The van der Waals surface area contributed by atoms with E-state index in [-0.39, 0.29) is 29.6 Å². The van der Waals surface area contributed by atoms with E-state index >= 15 is 0 Å². The van der Waals surface area contributed by atoms with Crippen molar-refractivity contribution in [1.82, 2.24) is 19.4 Å². The van der Waals surface area contributed by atoms with Crippen molar-refractivity contribution in [1.29, 1.82) is 0 Å². The van der Waals surface area contributed by atoms with Gasteiger partial charge in [0.1, 0.15) is 5.65 Å². The fourth-order valence-electron chi connectivity index (χ4n) is 3.23. The quantitative estimate of drug-likeness (QED) is 0.374. The summed E-state index contributed by atoms with van der Waals surface area (Å²) < 4.78 is 7.15. The van der Waals surface area contributed by atoms with Gasteiger partial charge in [0.25, 0.3) is 5.91 Å². The smallest absolute Gasteiger partial charge is 0.311 e. The monoisotopic (exact) mass is 418 g/mol. The number of amides is 1. The molecule has 0 fully saturated rings. The van der Waals surface area contributed by atoms with Crippen LogP contribution in [0.2, 0.25) is 0 Å². The fraction of sp³-hybridized carbons (Fsp3) is 0.143. The Bertz CT molecular complexity index is 1300. The lowest BCUT2D eigenvalue weighted by Crippen LogP contribution is -2.15. The molecular weight excluding hydrogens is 400 g/mol. The molecule has 0 atom stereocenters. The number of rotatable bonds is 6. The Morgan fingerprint density at radius 2 is 2.06 bits per heavy atom. The van der Waals surface area contributed by atoms with Crippen LogP contribution in [0.1, 0.15) is 23.0 Å². The molecular formula is C21H18N6O4. The first kappa shape index (κ1) is 20.0. The first-order chi connectivity index (χ1) is 15.0. The number of ether oxygens (including phenoxy) is 1. The molecule has 4 rings (SSSR count). The Balaban J connectivity index is 1.64. The van der Waals surface area contributed by atoms with Crippen molar-refractivity contribution in [3.8, 4) is 17.1 Å². The highest BCUT2D eigenvalue weighted by molar-refractivity contribution is 6.04. The normalized spacial score (nSPS) is 10.8. The van der Waals surface area contributed by atoms with Crippen LogP contribution in [0.25, 0.3) is 17.0 Å². The molecule has 0 radical (unpaired) electrons.